The zero-order valence-corrected chi connectivity index (χ0v) is 15.6. The summed E-state index contributed by atoms with van der Waals surface area (Å²) in [4.78, 5) is 35.8. The van der Waals surface area contributed by atoms with Crippen molar-refractivity contribution >= 4 is 34.9 Å². The lowest BCUT2D eigenvalue weighted by Gasteiger charge is -2.17. The predicted octanol–water partition coefficient (Wildman–Crippen LogP) is 3.43. The maximum atomic E-state index is 12.0. The number of benzene rings is 2. The second kappa shape index (κ2) is 8.84. The van der Waals surface area contributed by atoms with Gasteiger partial charge in [0.25, 0.3) is 0 Å². The molecular formula is C20H24N4O3. The first-order valence-electron chi connectivity index (χ1n) is 8.55. The van der Waals surface area contributed by atoms with Gasteiger partial charge in [0.15, 0.2) is 0 Å². The molecule has 0 spiro atoms. The number of amides is 4. The summed E-state index contributed by atoms with van der Waals surface area (Å²) in [5, 5.41) is 10.7. The smallest absolute Gasteiger partial charge is 0.323 e. The van der Waals surface area contributed by atoms with Crippen LogP contribution in [-0.4, -0.2) is 24.4 Å². The van der Waals surface area contributed by atoms with Crippen molar-refractivity contribution in [1.82, 2.24) is 5.32 Å². The number of carbonyl (C=O) groups is 3. The Morgan fingerprint density at radius 3 is 1.96 bits per heavy atom. The summed E-state index contributed by atoms with van der Waals surface area (Å²) in [5.41, 5.74) is 1.16. The lowest BCUT2D eigenvalue weighted by atomic mass is 9.96. The molecule has 0 fully saturated rings. The Hall–Kier alpha value is -3.35. The average Bonchev–Trinajstić information content (AvgIpc) is 2.60. The summed E-state index contributed by atoms with van der Waals surface area (Å²) in [5.74, 6) is -0.552. The van der Waals surface area contributed by atoms with Gasteiger partial charge < -0.3 is 21.3 Å². The molecule has 0 unspecified atom stereocenters. The van der Waals surface area contributed by atoms with E-state index in [0.29, 0.717) is 17.1 Å². The second-order valence-electron chi connectivity index (χ2n) is 7.01. The summed E-state index contributed by atoms with van der Waals surface area (Å²) in [6, 6.07) is 15.4. The Bertz CT molecular complexity index is 813. The third kappa shape index (κ3) is 6.81. The van der Waals surface area contributed by atoms with E-state index in [-0.39, 0.29) is 24.4 Å². The van der Waals surface area contributed by atoms with E-state index in [0.717, 1.165) is 0 Å². The van der Waals surface area contributed by atoms with Crippen molar-refractivity contribution in [2.24, 2.45) is 5.41 Å². The summed E-state index contributed by atoms with van der Waals surface area (Å²) < 4.78 is 0. The van der Waals surface area contributed by atoms with Crippen molar-refractivity contribution < 1.29 is 14.4 Å². The number of urea groups is 1. The van der Waals surface area contributed by atoms with Gasteiger partial charge in [0.05, 0.1) is 6.54 Å². The van der Waals surface area contributed by atoms with Crippen LogP contribution in [0.25, 0.3) is 0 Å². The fraction of sp³-hybridized carbons (Fsp3) is 0.250. The lowest BCUT2D eigenvalue weighted by molar-refractivity contribution is -0.130. The van der Waals surface area contributed by atoms with Crippen LogP contribution in [0.4, 0.5) is 21.9 Å². The molecule has 27 heavy (non-hydrogen) atoms. The van der Waals surface area contributed by atoms with Crippen LogP contribution < -0.4 is 21.3 Å². The fourth-order valence-electron chi connectivity index (χ4n) is 2.12. The molecular weight excluding hydrogens is 344 g/mol. The molecule has 0 saturated heterocycles. The van der Waals surface area contributed by atoms with E-state index < -0.39 is 5.41 Å². The van der Waals surface area contributed by atoms with Gasteiger partial charge in [0, 0.05) is 22.5 Å². The SMILES string of the molecule is CC(C)(C)C(=O)NCC(=O)Nc1cccc(NC(=O)Nc2ccccc2)c1. The van der Waals surface area contributed by atoms with Gasteiger partial charge in [0.1, 0.15) is 0 Å². The normalized spacial score (nSPS) is 10.6. The van der Waals surface area contributed by atoms with E-state index in [9.17, 15) is 14.4 Å². The number of carbonyl (C=O) groups excluding carboxylic acids is 3. The molecule has 2 rings (SSSR count). The van der Waals surface area contributed by atoms with E-state index in [1.54, 1.807) is 57.2 Å². The monoisotopic (exact) mass is 368 g/mol. The van der Waals surface area contributed by atoms with Gasteiger partial charge in [-0.25, -0.2) is 4.79 Å². The topological polar surface area (TPSA) is 99.3 Å². The molecule has 4 amide bonds. The van der Waals surface area contributed by atoms with Gasteiger partial charge in [-0.2, -0.15) is 0 Å². The molecule has 0 aliphatic rings. The standard InChI is InChI=1S/C20H24N4O3/c1-20(2,3)18(26)21-13-17(25)22-15-10-7-11-16(12-15)24-19(27)23-14-8-5-4-6-9-14/h4-12H,13H2,1-3H3,(H,21,26)(H,22,25)(H2,23,24,27). The molecule has 4 N–H and O–H groups in total. The maximum absolute atomic E-state index is 12.0. The molecule has 0 aliphatic heterocycles. The molecule has 0 aromatic heterocycles. The zero-order chi connectivity index (χ0) is 19.9. The highest BCUT2D eigenvalue weighted by molar-refractivity contribution is 6.00. The van der Waals surface area contributed by atoms with Crippen molar-refractivity contribution in [3.05, 3.63) is 54.6 Å². The van der Waals surface area contributed by atoms with Gasteiger partial charge in [0.2, 0.25) is 11.8 Å². The highest BCUT2D eigenvalue weighted by Gasteiger charge is 2.21. The maximum Gasteiger partial charge on any atom is 0.323 e. The van der Waals surface area contributed by atoms with E-state index in [1.807, 2.05) is 18.2 Å². The summed E-state index contributed by atoms with van der Waals surface area (Å²) in [6.45, 7) is 5.20. The Balaban J connectivity index is 1.88. The van der Waals surface area contributed by atoms with Gasteiger partial charge in [-0.1, -0.05) is 45.0 Å². The Morgan fingerprint density at radius 1 is 0.778 bits per heavy atom. The van der Waals surface area contributed by atoms with Crippen molar-refractivity contribution in [2.75, 3.05) is 22.5 Å². The second-order valence-corrected chi connectivity index (χ2v) is 7.01. The number of rotatable bonds is 5. The third-order valence-corrected chi connectivity index (χ3v) is 3.53. The molecule has 0 radical (unpaired) electrons. The zero-order valence-electron chi connectivity index (χ0n) is 15.6. The first-order chi connectivity index (χ1) is 12.7. The minimum Gasteiger partial charge on any atom is -0.347 e. The van der Waals surface area contributed by atoms with Crippen molar-refractivity contribution in [3.63, 3.8) is 0 Å². The molecule has 2 aromatic rings. The van der Waals surface area contributed by atoms with Crippen LogP contribution in [0.1, 0.15) is 20.8 Å². The van der Waals surface area contributed by atoms with E-state index in [1.165, 1.54) is 0 Å². The molecule has 0 bridgehead atoms. The van der Waals surface area contributed by atoms with Crippen LogP contribution in [-0.2, 0) is 9.59 Å². The van der Waals surface area contributed by atoms with E-state index in [2.05, 4.69) is 21.3 Å². The Morgan fingerprint density at radius 2 is 1.33 bits per heavy atom. The van der Waals surface area contributed by atoms with E-state index >= 15 is 0 Å². The largest absolute Gasteiger partial charge is 0.347 e. The van der Waals surface area contributed by atoms with Crippen LogP contribution in [0.3, 0.4) is 0 Å². The number of nitrogens with one attached hydrogen (secondary N) is 4. The van der Waals surface area contributed by atoms with Gasteiger partial charge in [-0.05, 0) is 30.3 Å². The number of hydrogen-bond acceptors (Lipinski definition) is 3. The van der Waals surface area contributed by atoms with E-state index in [4.69, 9.17) is 0 Å². The minimum absolute atomic E-state index is 0.123. The molecule has 142 valence electrons. The number of para-hydroxylation sites is 1. The average molecular weight is 368 g/mol. The molecule has 0 atom stereocenters. The van der Waals surface area contributed by atoms with Gasteiger partial charge in [-0.3, -0.25) is 9.59 Å². The quantitative estimate of drug-likeness (QED) is 0.650. The molecule has 7 heteroatoms. The molecule has 7 nitrogen and oxygen atoms in total. The van der Waals surface area contributed by atoms with Gasteiger partial charge in [-0.15, -0.1) is 0 Å². The first kappa shape index (κ1) is 20.0. The molecule has 2 aromatic carbocycles. The third-order valence-electron chi connectivity index (χ3n) is 3.53. The molecule has 0 aliphatic carbocycles. The van der Waals surface area contributed by atoms with Crippen molar-refractivity contribution in [3.8, 4) is 0 Å². The minimum atomic E-state index is -0.559. The Labute approximate surface area is 158 Å². The summed E-state index contributed by atoms with van der Waals surface area (Å²) in [6.07, 6.45) is 0. The first-order valence-corrected chi connectivity index (χ1v) is 8.55. The highest BCUT2D eigenvalue weighted by atomic mass is 16.2. The summed E-state index contributed by atoms with van der Waals surface area (Å²) >= 11 is 0. The fourth-order valence-corrected chi connectivity index (χ4v) is 2.12. The molecule has 0 heterocycles. The predicted molar refractivity (Wildman–Crippen MR) is 107 cm³/mol. The van der Waals surface area contributed by atoms with Crippen LogP contribution in [0.5, 0.6) is 0 Å². The van der Waals surface area contributed by atoms with Crippen molar-refractivity contribution in [1.29, 1.82) is 0 Å². The lowest BCUT2D eigenvalue weighted by Crippen LogP contribution is -2.39. The molecule has 0 saturated carbocycles. The van der Waals surface area contributed by atoms with Crippen LogP contribution in [0.2, 0.25) is 0 Å². The van der Waals surface area contributed by atoms with Gasteiger partial charge >= 0.3 is 6.03 Å². The van der Waals surface area contributed by atoms with Crippen LogP contribution in [0, 0.1) is 5.41 Å². The highest BCUT2D eigenvalue weighted by Crippen LogP contribution is 2.16. The Kier molecular flexibility index (Phi) is 6.54. The van der Waals surface area contributed by atoms with Crippen LogP contribution in [0.15, 0.2) is 54.6 Å². The number of anilines is 3. The van der Waals surface area contributed by atoms with Crippen LogP contribution >= 0.6 is 0 Å². The van der Waals surface area contributed by atoms with Crippen molar-refractivity contribution in [2.45, 2.75) is 20.8 Å². The number of hydrogen-bond donors (Lipinski definition) is 4. The summed E-state index contributed by atoms with van der Waals surface area (Å²) in [7, 11) is 0.